The number of ether oxygens (including phenoxy) is 1. The lowest BCUT2D eigenvalue weighted by molar-refractivity contribution is 0.0411. The second-order valence-corrected chi connectivity index (χ2v) is 7.34. The lowest BCUT2D eigenvalue weighted by Gasteiger charge is -2.32. The molecule has 0 radical (unpaired) electrons. The van der Waals surface area contributed by atoms with Crippen LogP contribution in [0.15, 0.2) is 4.99 Å². The third-order valence-electron chi connectivity index (χ3n) is 5.30. The smallest absolute Gasteiger partial charge is 0.193 e. The lowest BCUT2D eigenvalue weighted by atomic mass is 10.00. The van der Waals surface area contributed by atoms with Crippen LogP contribution in [0.1, 0.15) is 71.1 Å². The Kier molecular flexibility index (Phi) is 12.1. The third kappa shape index (κ3) is 8.37. The van der Waals surface area contributed by atoms with E-state index in [0.29, 0.717) is 6.10 Å². The largest absolute Gasteiger partial charge is 0.378 e. The van der Waals surface area contributed by atoms with Crippen LogP contribution in [0.25, 0.3) is 0 Å². The van der Waals surface area contributed by atoms with Gasteiger partial charge in [-0.05, 0) is 44.4 Å². The number of aliphatic imine (C=N–C) groups is 1. The van der Waals surface area contributed by atoms with E-state index in [1.807, 2.05) is 7.05 Å². The number of rotatable bonds is 6. The van der Waals surface area contributed by atoms with Crippen molar-refractivity contribution in [2.24, 2.45) is 10.9 Å². The molecule has 24 heavy (non-hydrogen) atoms. The van der Waals surface area contributed by atoms with Crippen molar-refractivity contribution < 1.29 is 4.74 Å². The van der Waals surface area contributed by atoms with Gasteiger partial charge in [-0.25, -0.2) is 0 Å². The van der Waals surface area contributed by atoms with Gasteiger partial charge in [0.1, 0.15) is 0 Å². The van der Waals surface area contributed by atoms with E-state index in [0.717, 1.165) is 51.0 Å². The van der Waals surface area contributed by atoms with Crippen molar-refractivity contribution in [3.63, 3.8) is 0 Å². The molecule has 4 nitrogen and oxygen atoms in total. The normalized spacial score (nSPS) is 21.2. The van der Waals surface area contributed by atoms with Crippen molar-refractivity contribution in [3.05, 3.63) is 0 Å². The van der Waals surface area contributed by atoms with Crippen LogP contribution in [0.3, 0.4) is 0 Å². The molecule has 0 unspecified atom stereocenters. The topological polar surface area (TPSA) is 36.9 Å². The summed E-state index contributed by atoms with van der Waals surface area (Å²) in [5.74, 6) is 1.95. The van der Waals surface area contributed by atoms with Gasteiger partial charge in [0.15, 0.2) is 5.96 Å². The zero-order valence-corrected chi connectivity index (χ0v) is 18.1. The Morgan fingerprint density at radius 3 is 2.33 bits per heavy atom. The van der Waals surface area contributed by atoms with Gasteiger partial charge >= 0.3 is 0 Å². The van der Waals surface area contributed by atoms with E-state index >= 15 is 0 Å². The second kappa shape index (κ2) is 13.2. The van der Waals surface area contributed by atoms with Crippen LogP contribution < -0.4 is 5.32 Å². The van der Waals surface area contributed by atoms with E-state index in [4.69, 9.17) is 4.74 Å². The average molecular weight is 451 g/mol. The number of halogens is 1. The van der Waals surface area contributed by atoms with Crippen molar-refractivity contribution in [1.82, 2.24) is 10.2 Å². The number of unbranched alkanes of at least 4 members (excludes halogenated alkanes) is 1. The minimum Gasteiger partial charge on any atom is -0.378 e. The van der Waals surface area contributed by atoms with Crippen molar-refractivity contribution in [1.29, 1.82) is 0 Å². The molecule has 5 heteroatoms. The monoisotopic (exact) mass is 451 g/mol. The van der Waals surface area contributed by atoms with E-state index in [1.54, 1.807) is 0 Å². The Hall–Kier alpha value is -0.0400. The van der Waals surface area contributed by atoms with Crippen molar-refractivity contribution in [2.45, 2.75) is 77.2 Å². The summed E-state index contributed by atoms with van der Waals surface area (Å²) in [7, 11) is 1.90. The van der Waals surface area contributed by atoms with Gasteiger partial charge < -0.3 is 15.0 Å². The molecule has 2 aliphatic rings. The molecule has 1 N–H and O–H groups in total. The molecule has 2 rings (SSSR count). The van der Waals surface area contributed by atoms with Crippen LogP contribution in [0.5, 0.6) is 0 Å². The maximum Gasteiger partial charge on any atom is 0.193 e. The maximum absolute atomic E-state index is 6.06. The fourth-order valence-electron chi connectivity index (χ4n) is 3.64. The summed E-state index contributed by atoms with van der Waals surface area (Å²) >= 11 is 0. The zero-order valence-electron chi connectivity index (χ0n) is 15.8. The van der Waals surface area contributed by atoms with Gasteiger partial charge in [0, 0.05) is 33.3 Å². The molecule has 1 saturated carbocycles. The molecule has 0 aromatic heterocycles. The first kappa shape index (κ1) is 22.0. The van der Waals surface area contributed by atoms with Crippen LogP contribution >= 0.6 is 24.0 Å². The van der Waals surface area contributed by atoms with Crippen LogP contribution in [0, 0.1) is 5.92 Å². The SMILES string of the molecule is CN=C(NCCCCOC1CCCCCC1)N1CCC(C)CC1.I. The zero-order chi connectivity index (χ0) is 16.3. The number of nitrogens with one attached hydrogen (secondary N) is 1. The number of hydrogen-bond donors (Lipinski definition) is 1. The van der Waals surface area contributed by atoms with E-state index in [-0.39, 0.29) is 24.0 Å². The van der Waals surface area contributed by atoms with E-state index in [1.165, 1.54) is 51.4 Å². The first-order chi connectivity index (χ1) is 11.3. The molecule has 0 aromatic rings. The summed E-state index contributed by atoms with van der Waals surface area (Å²) in [5.41, 5.74) is 0. The summed E-state index contributed by atoms with van der Waals surface area (Å²) < 4.78 is 6.06. The van der Waals surface area contributed by atoms with E-state index in [9.17, 15) is 0 Å². The summed E-state index contributed by atoms with van der Waals surface area (Å²) in [6, 6.07) is 0. The second-order valence-electron chi connectivity index (χ2n) is 7.34. The number of piperidine rings is 1. The fraction of sp³-hybridized carbons (Fsp3) is 0.947. The Balaban J connectivity index is 0.00000288. The van der Waals surface area contributed by atoms with Gasteiger partial charge in [-0.2, -0.15) is 0 Å². The molecule has 1 saturated heterocycles. The third-order valence-corrected chi connectivity index (χ3v) is 5.30. The van der Waals surface area contributed by atoms with E-state index in [2.05, 4.69) is 22.1 Å². The number of likely N-dealkylation sites (tertiary alicyclic amines) is 1. The average Bonchev–Trinajstić information content (AvgIpc) is 2.84. The molecule has 142 valence electrons. The van der Waals surface area contributed by atoms with E-state index < -0.39 is 0 Å². The van der Waals surface area contributed by atoms with Gasteiger partial charge in [0.2, 0.25) is 0 Å². The highest BCUT2D eigenvalue weighted by Gasteiger charge is 2.18. The highest BCUT2D eigenvalue weighted by molar-refractivity contribution is 14.0. The molecule has 0 atom stereocenters. The first-order valence-electron chi connectivity index (χ1n) is 9.87. The molecule has 0 bridgehead atoms. The van der Waals surface area contributed by atoms with Crippen LogP contribution in [0.2, 0.25) is 0 Å². The minimum absolute atomic E-state index is 0. The Bertz CT molecular complexity index is 336. The van der Waals surface area contributed by atoms with Crippen LogP contribution in [0.4, 0.5) is 0 Å². The van der Waals surface area contributed by atoms with Crippen molar-refractivity contribution in [3.8, 4) is 0 Å². The molecule has 1 aliphatic carbocycles. The highest BCUT2D eigenvalue weighted by atomic mass is 127. The Labute approximate surface area is 166 Å². The molecule has 0 aromatic carbocycles. The van der Waals surface area contributed by atoms with Gasteiger partial charge in [-0.3, -0.25) is 4.99 Å². The fourth-order valence-corrected chi connectivity index (χ4v) is 3.64. The number of hydrogen-bond acceptors (Lipinski definition) is 2. The predicted octanol–water partition coefficient (Wildman–Crippen LogP) is 4.43. The summed E-state index contributed by atoms with van der Waals surface area (Å²) in [5, 5.41) is 3.52. The van der Waals surface area contributed by atoms with Gasteiger partial charge in [-0.15, -0.1) is 24.0 Å². The highest BCUT2D eigenvalue weighted by Crippen LogP contribution is 2.20. The predicted molar refractivity (Wildman–Crippen MR) is 113 cm³/mol. The Morgan fingerprint density at radius 1 is 1.04 bits per heavy atom. The quantitative estimate of drug-likeness (QED) is 0.213. The standard InChI is InChI=1S/C19H37N3O.HI/c1-17-11-14-22(15-12-17)19(20-2)21-13-7-8-16-23-18-9-5-3-4-6-10-18;/h17-18H,3-16H2,1-2H3,(H,20,21);1H. The van der Waals surface area contributed by atoms with Gasteiger partial charge in [0.25, 0.3) is 0 Å². The summed E-state index contributed by atoms with van der Waals surface area (Å²) in [6.07, 6.45) is 13.5. The summed E-state index contributed by atoms with van der Waals surface area (Å²) in [6.45, 7) is 6.57. The molecule has 1 aliphatic heterocycles. The van der Waals surface area contributed by atoms with Gasteiger partial charge in [0.05, 0.1) is 6.10 Å². The maximum atomic E-state index is 6.06. The van der Waals surface area contributed by atoms with Crippen LogP contribution in [-0.2, 0) is 4.74 Å². The molecular weight excluding hydrogens is 413 g/mol. The number of nitrogens with zero attached hydrogens (tertiary/aromatic N) is 2. The molecule has 2 fully saturated rings. The molecular formula is C19H38IN3O. The molecule has 0 amide bonds. The lowest BCUT2D eigenvalue weighted by Crippen LogP contribution is -2.45. The first-order valence-corrected chi connectivity index (χ1v) is 9.87. The van der Waals surface area contributed by atoms with Crippen LogP contribution in [-0.4, -0.2) is 50.3 Å². The minimum atomic E-state index is 0. The molecule has 0 spiro atoms. The van der Waals surface area contributed by atoms with Crippen molar-refractivity contribution in [2.75, 3.05) is 33.3 Å². The summed E-state index contributed by atoms with van der Waals surface area (Å²) in [4.78, 5) is 6.84. The van der Waals surface area contributed by atoms with Crippen molar-refractivity contribution >= 4 is 29.9 Å². The Morgan fingerprint density at radius 2 is 1.71 bits per heavy atom. The molecule has 1 heterocycles. The van der Waals surface area contributed by atoms with Gasteiger partial charge in [-0.1, -0.05) is 32.6 Å². The number of guanidine groups is 1.